The zero-order valence-electron chi connectivity index (χ0n) is 15.4. The van der Waals surface area contributed by atoms with Gasteiger partial charge < -0.3 is 5.32 Å². The number of hydrogen-bond donors (Lipinski definition) is 1. The molecule has 1 amide bonds. The number of hydrogen-bond acceptors (Lipinski definition) is 2. The van der Waals surface area contributed by atoms with Crippen LogP contribution in [0.5, 0.6) is 0 Å². The van der Waals surface area contributed by atoms with Crippen LogP contribution in [0.2, 0.25) is 5.02 Å². The number of carbonyl (C=O) groups is 1. The summed E-state index contributed by atoms with van der Waals surface area (Å²) in [6.07, 6.45) is 6.70. The number of aryl methyl sites for hydroxylation is 1. The molecule has 1 heterocycles. The molecular weight excluding hydrogens is 356 g/mol. The maximum atomic E-state index is 12.4. The van der Waals surface area contributed by atoms with Gasteiger partial charge in [-0.1, -0.05) is 55.6 Å². The van der Waals surface area contributed by atoms with Crippen LogP contribution in [0.25, 0.3) is 11.3 Å². The third kappa shape index (κ3) is 5.41. The topological polar surface area (TPSA) is 42.0 Å². The molecule has 1 aromatic heterocycles. The Bertz CT molecular complexity index is 889. The Morgan fingerprint density at radius 2 is 1.85 bits per heavy atom. The summed E-state index contributed by atoms with van der Waals surface area (Å²) in [5.74, 6) is -0.164. The van der Waals surface area contributed by atoms with Crippen LogP contribution in [-0.4, -0.2) is 10.9 Å². The van der Waals surface area contributed by atoms with Crippen LogP contribution >= 0.6 is 11.6 Å². The number of nitrogens with one attached hydrogen (secondary N) is 1. The van der Waals surface area contributed by atoms with E-state index < -0.39 is 0 Å². The van der Waals surface area contributed by atoms with E-state index in [0.29, 0.717) is 16.3 Å². The van der Waals surface area contributed by atoms with E-state index in [2.05, 4.69) is 23.3 Å². The second-order valence-electron chi connectivity index (χ2n) is 6.55. The van der Waals surface area contributed by atoms with Crippen molar-refractivity contribution in [3.63, 3.8) is 0 Å². The molecule has 0 aliphatic rings. The summed E-state index contributed by atoms with van der Waals surface area (Å²) in [6, 6.07) is 18.8. The van der Waals surface area contributed by atoms with Crippen LogP contribution in [0.4, 0.5) is 5.69 Å². The number of halogens is 1. The smallest absolute Gasteiger partial charge is 0.255 e. The number of anilines is 1. The van der Waals surface area contributed by atoms with Gasteiger partial charge >= 0.3 is 0 Å². The van der Waals surface area contributed by atoms with E-state index in [1.165, 1.54) is 24.8 Å². The summed E-state index contributed by atoms with van der Waals surface area (Å²) in [5, 5.41) is 3.44. The number of benzene rings is 2. The fourth-order valence-corrected chi connectivity index (χ4v) is 3.07. The van der Waals surface area contributed by atoms with Crippen molar-refractivity contribution in [2.45, 2.75) is 32.6 Å². The Balaban J connectivity index is 1.65. The lowest BCUT2D eigenvalue weighted by atomic mass is 10.1. The third-order valence-electron chi connectivity index (χ3n) is 4.42. The molecule has 0 unspecified atom stereocenters. The molecule has 0 fully saturated rings. The highest BCUT2D eigenvalue weighted by Gasteiger charge is 2.07. The van der Waals surface area contributed by atoms with E-state index in [0.717, 1.165) is 17.7 Å². The Hall–Kier alpha value is -2.65. The highest BCUT2D eigenvalue weighted by atomic mass is 35.5. The van der Waals surface area contributed by atoms with E-state index in [-0.39, 0.29) is 5.91 Å². The summed E-state index contributed by atoms with van der Waals surface area (Å²) in [4.78, 5) is 16.9. The van der Waals surface area contributed by atoms with Crippen LogP contribution in [0.1, 0.15) is 42.1 Å². The van der Waals surface area contributed by atoms with Gasteiger partial charge in [0, 0.05) is 28.0 Å². The molecule has 0 radical (unpaired) electrons. The van der Waals surface area contributed by atoms with Gasteiger partial charge in [0.25, 0.3) is 5.91 Å². The fraction of sp³-hybridized carbons (Fsp3) is 0.217. The van der Waals surface area contributed by atoms with E-state index in [1.807, 2.05) is 42.6 Å². The van der Waals surface area contributed by atoms with Crippen LogP contribution in [0, 0.1) is 0 Å². The lowest BCUT2D eigenvalue weighted by Gasteiger charge is -2.07. The molecule has 0 atom stereocenters. The minimum atomic E-state index is -0.164. The Morgan fingerprint density at radius 3 is 2.52 bits per heavy atom. The number of unbranched alkanes of at least 4 members (excludes halogenated alkanes) is 2. The Kier molecular flexibility index (Phi) is 6.61. The van der Waals surface area contributed by atoms with Gasteiger partial charge in [-0.2, -0.15) is 0 Å². The molecule has 1 N–H and O–H groups in total. The molecule has 3 aromatic rings. The SMILES string of the molecule is CCCCCc1ccc(-c2ccc(C(=O)Nc3cccc(Cl)c3)cc2)nc1. The molecule has 27 heavy (non-hydrogen) atoms. The first kappa shape index (κ1) is 19.1. The lowest BCUT2D eigenvalue weighted by Crippen LogP contribution is -2.11. The zero-order chi connectivity index (χ0) is 19.1. The second-order valence-corrected chi connectivity index (χ2v) is 6.99. The predicted molar refractivity (Wildman–Crippen MR) is 112 cm³/mol. The summed E-state index contributed by atoms with van der Waals surface area (Å²) >= 11 is 5.95. The number of carbonyl (C=O) groups excluding carboxylic acids is 1. The van der Waals surface area contributed by atoms with Gasteiger partial charge in [-0.15, -0.1) is 0 Å². The molecule has 2 aromatic carbocycles. The molecule has 0 saturated heterocycles. The van der Waals surface area contributed by atoms with Crippen molar-refractivity contribution in [1.29, 1.82) is 0 Å². The van der Waals surface area contributed by atoms with Crippen molar-refractivity contribution in [3.05, 3.63) is 83.0 Å². The van der Waals surface area contributed by atoms with Crippen molar-refractivity contribution >= 4 is 23.2 Å². The highest BCUT2D eigenvalue weighted by molar-refractivity contribution is 6.30. The van der Waals surface area contributed by atoms with Gasteiger partial charge in [-0.05, 0) is 54.8 Å². The molecule has 4 heteroatoms. The van der Waals surface area contributed by atoms with Gasteiger partial charge in [0.05, 0.1) is 5.69 Å². The monoisotopic (exact) mass is 378 g/mol. The molecule has 3 rings (SSSR count). The first-order valence-electron chi connectivity index (χ1n) is 9.28. The van der Waals surface area contributed by atoms with Crippen molar-refractivity contribution in [1.82, 2.24) is 4.98 Å². The molecular formula is C23H23ClN2O. The molecule has 138 valence electrons. The highest BCUT2D eigenvalue weighted by Crippen LogP contribution is 2.20. The number of rotatable bonds is 7. The van der Waals surface area contributed by atoms with Gasteiger partial charge in [0.1, 0.15) is 0 Å². The molecule has 3 nitrogen and oxygen atoms in total. The molecule has 0 aliphatic heterocycles. The number of nitrogens with zero attached hydrogens (tertiary/aromatic N) is 1. The minimum absolute atomic E-state index is 0.164. The number of amides is 1. The van der Waals surface area contributed by atoms with E-state index >= 15 is 0 Å². The summed E-state index contributed by atoms with van der Waals surface area (Å²) < 4.78 is 0. The predicted octanol–water partition coefficient (Wildman–Crippen LogP) is 6.39. The van der Waals surface area contributed by atoms with Gasteiger partial charge in [0.15, 0.2) is 0 Å². The first-order valence-corrected chi connectivity index (χ1v) is 9.66. The van der Waals surface area contributed by atoms with Crippen molar-refractivity contribution in [2.24, 2.45) is 0 Å². The molecule has 0 bridgehead atoms. The Labute approximate surface area is 165 Å². The number of aromatic nitrogens is 1. The quantitative estimate of drug-likeness (QED) is 0.484. The average molecular weight is 379 g/mol. The van der Waals surface area contributed by atoms with Gasteiger partial charge in [0.2, 0.25) is 0 Å². The van der Waals surface area contributed by atoms with Crippen LogP contribution in [0.15, 0.2) is 66.9 Å². The number of pyridine rings is 1. The average Bonchev–Trinajstić information content (AvgIpc) is 2.69. The maximum Gasteiger partial charge on any atom is 0.255 e. The molecule has 0 spiro atoms. The summed E-state index contributed by atoms with van der Waals surface area (Å²) in [5.41, 5.74) is 4.45. The van der Waals surface area contributed by atoms with Crippen molar-refractivity contribution < 1.29 is 4.79 Å². The summed E-state index contributed by atoms with van der Waals surface area (Å²) in [6.45, 7) is 2.21. The van der Waals surface area contributed by atoms with Crippen LogP contribution in [0.3, 0.4) is 0 Å². The van der Waals surface area contributed by atoms with Gasteiger partial charge in [-0.3, -0.25) is 9.78 Å². The standard InChI is InChI=1S/C23H23ClN2O/c1-2-3-4-6-17-9-14-22(25-16-17)18-10-12-19(13-11-18)23(27)26-21-8-5-7-20(24)15-21/h5,7-16H,2-4,6H2,1H3,(H,26,27). The zero-order valence-corrected chi connectivity index (χ0v) is 16.2. The third-order valence-corrected chi connectivity index (χ3v) is 4.65. The van der Waals surface area contributed by atoms with E-state index in [9.17, 15) is 4.79 Å². The Morgan fingerprint density at radius 1 is 1.04 bits per heavy atom. The fourth-order valence-electron chi connectivity index (χ4n) is 2.88. The minimum Gasteiger partial charge on any atom is -0.322 e. The van der Waals surface area contributed by atoms with Crippen LogP contribution in [-0.2, 0) is 6.42 Å². The normalized spacial score (nSPS) is 10.6. The van der Waals surface area contributed by atoms with E-state index in [4.69, 9.17) is 11.6 Å². The largest absolute Gasteiger partial charge is 0.322 e. The van der Waals surface area contributed by atoms with Crippen molar-refractivity contribution in [2.75, 3.05) is 5.32 Å². The van der Waals surface area contributed by atoms with Crippen molar-refractivity contribution in [3.8, 4) is 11.3 Å². The summed E-state index contributed by atoms with van der Waals surface area (Å²) in [7, 11) is 0. The first-order chi connectivity index (χ1) is 13.2. The van der Waals surface area contributed by atoms with E-state index in [1.54, 1.807) is 18.2 Å². The van der Waals surface area contributed by atoms with Gasteiger partial charge in [-0.25, -0.2) is 0 Å². The van der Waals surface area contributed by atoms with Crippen LogP contribution < -0.4 is 5.32 Å². The lowest BCUT2D eigenvalue weighted by molar-refractivity contribution is 0.102. The second kappa shape index (κ2) is 9.33. The molecule has 0 aliphatic carbocycles. The maximum absolute atomic E-state index is 12.4. The molecule has 0 saturated carbocycles.